The summed E-state index contributed by atoms with van der Waals surface area (Å²) < 4.78 is 46.1. The minimum atomic E-state index is -2.97. The molecule has 0 radical (unpaired) electrons. The van der Waals surface area contributed by atoms with Gasteiger partial charge in [-0.2, -0.15) is 0 Å². The lowest BCUT2D eigenvalue weighted by Gasteiger charge is -2.24. The first-order valence-electron chi connectivity index (χ1n) is 9.58. The molecule has 0 aromatic carbocycles. The summed E-state index contributed by atoms with van der Waals surface area (Å²) >= 11 is 0. The van der Waals surface area contributed by atoms with Gasteiger partial charge in [0.1, 0.15) is 12.2 Å². The van der Waals surface area contributed by atoms with Gasteiger partial charge in [-0.15, -0.1) is 6.42 Å². The van der Waals surface area contributed by atoms with Crippen LogP contribution in [0.4, 0.5) is 14.6 Å². The van der Waals surface area contributed by atoms with E-state index in [0.717, 1.165) is 6.92 Å². The second kappa shape index (κ2) is 7.37. The average molecular weight is 436 g/mol. The minimum Gasteiger partial charge on any atom is -0.362 e. The summed E-state index contributed by atoms with van der Waals surface area (Å²) in [5, 5.41) is 5.12. The third-order valence-electron chi connectivity index (χ3n) is 4.92. The monoisotopic (exact) mass is 436 g/mol. The molecule has 2 aliphatic rings. The number of hydrogen-bond donors (Lipinski definition) is 2. The lowest BCUT2D eigenvalue weighted by atomic mass is 10.1. The number of rotatable bonds is 5. The van der Waals surface area contributed by atoms with Crippen LogP contribution in [0.2, 0.25) is 0 Å². The Labute approximate surface area is 176 Å². The van der Waals surface area contributed by atoms with Crippen molar-refractivity contribution in [3.8, 4) is 12.3 Å². The summed E-state index contributed by atoms with van der Waals surface area (Å²) in [6.45, 7) is 3.59. The first-order chi connectivity index (χ1) is 14.5. The summed E-state index contributed by atoms with van der Waals surface area (Å²) in [7, 11) is 1.50. The molecule has 0 bridgehead atoms. The zero-order valence-electron chi connectivity index (χ0n) is 17.3. The fourth-order valence-electron chi connectivity index (χ4n) is 3.68. The minimum absolute atomic E-state index is 0.0162. The van der Waals surface area contributed by atoms with Gasteiger partial charge in [-0.25, -0.2) is 23.7 Å². The Morgan fingerprint density at radius 3 is 2.71 bits per heavy atom. The molecule has 1 amide bonds. The summed E-state index contributed by atoms with van der Waals surface area (Å²) in [4.78, 5) is 25.0. The topological polar surface area (TPSA) is 112 Å². The van der Waals surface area contributed by atoms with Crippen molar-refractivity contribution in [2.24, 2.45) is 0 Å². The molecule has 4 atom stereocenters. The van der Waals surface area contributed by atoms with Crippen molar-refractivity contribution >= 4 is 22.9 Å². The van der Waals surface area contributed by atoms with E-state index in [2.05, 4.69) is 31.5 Å². The van der Waals surface area contributed by atoms with E-state index in [4.69, 9.17) is 20.6 Å². The van der Waals surface area contributed by atoms with Crippen LogP contribution < -0.4 is 10.6 Å². The number of likely N-dealkylation sites (N-methyl/N-ethyl adjacent to an activating group) is 1. The number of nitrogens with one attached hydrogen (secondary N) is 2. The van der Waals surface area contributed by atoms with E-state index in [9.17, 15) is 13.6 Å². The normalized spacial score (nSPS) is 27.1. The number of carbonyl (C=O) groups is 1. The number of ether oxygens (including phenoxy) is 3. The van der Waals surface area contributed by atoms with Crippen LogP contribution in [-0.2, 0) is 19.0 Å². The van der Waals surface area contributed by atoms with E-state index in [1.807, 2.05) is 0 Å². The summed E-state index contributed by atoms with van der Waals surface area (Å²) in [6, 6.07) is 0. The lowest BCUT2D eigenvalue weighted by Crippen LogP contribution is -2.41. The second-order valence-electron chi connectivity index (χ2n) is 7.91. The van der Waals surface area contributed by atoms with Crippen molar-refractivity contribution < 1.29 is 27.8 Å². The van der Waals surface area contributed by atoms with Gasteiger partial charge in [0.25, 0.3) is 11.8 Å². The maximum absolute atomic E-state index is 13.4. The highest BCUT2D eigenvalue weighted by molar-refractivity contribution is 5.84. The summed E-state index contributed by atoms with van der Waals surface area (Å²) in [5.41, 5.74) is 0.476. The molecule has 12 heteroatoms. The van der Waals surface area contributed by atoms with Gasteiger partial charge in [-0.1, -0.05) is 0 Å². The van der Waals surface area contributed by atoms with E-state index in [1.165, 1.54) is 13.4 Å². The Kier molecular flexibility index (Phi) is 5.07. The first-order valence-corrected chi connectivity index (χ1v) is 9.58. The maximum atomic E-state index is 13.4. The summed E-state index contributed by atoms with van der Waals surface area (Å²) in [5.74, 6) is -1.91. The molecule has 0 unspecified atom stereocenters. The van der Waals surface area contributed by atoms with Crippen LogP contribution >= 0.6 is 0 Å². The standard InChI is InChI=1S/C19H22F2N6O4/c1-6-9-25-14(23-7-19(4,20)21)10-15(26-9)27(8-24-10)17-13-11(30-18(2,3)31-13)12(29-17)16(28)22-5/h1,8,11-13,17H,7H2,2-5H3,(H,22,28)(H,23,25,26)/t11-,12+,13-,17-/m1/s1. The molecule has 0 saturated carbocycles. The lowest BCUT2D eigenvalue weighted by molar-refractivity contribution is -0.197. The van der Waals surface area contributed by atoms with Crippen molar-refractivity contribution in [1.29, 1.82) is 0 Å². The molecule has 2 saturated heterocycles. The smallest absolute Gasteiger partial charge is 0.262 e. The van der Waals surface area contributed by atoms with Gasteiger partial charge in [0.05, 0.1) is 12.9 Å². The zero-order valence-corrected chi connectivity index (χ0v) is 17.3. The number of hydrogen-bond acceptors (Lipinski definition) is 8. The number of terminal acetylenes is 1. The third kappa shape index (κ3) is 3.91. The molecule has 2 aliphatic heterocycles. The van der Waals surface area contributed by atoms with E-state index >= 15 is 0 Å². The summed E-state index contributed by atoms with van der Waals surface area (Å²) in [6.07, 6.45) is 3.82. The van der Waals surface area contributed by atoms with Crippen LogP contribution in [-0.4, -0.2) is 69.0 Å². The highest BCUT2D eigenvalue weighted by Crippen LogP contribution is 2.44. The van der Waals surface area contributed by atoms with E-state index in [0.29, 0.717) is 0 Å². The number of imidazole rings is 1. The Morgan fingerprint density at radius 1 is 1.35 bits per heavy atom. The van der Waals surface area contributed by atoms with Gasteiger partial charge >= 0.3 is 0 Å². The van der Waals surface area contributed by atoms with Crippen LogP contribution in [0.15, 0.2) is 6.33 Å². The number of nitrogens with zero attached hydrogens (tertiary/aromatic N) is 4. The van der Waals surface area contributed by atoms with Crippen molar-refractivity contribution in [2.45, 2.75) is 57.0 Å². The van der Waals surface area contributed by atoms with E-state index in [1.54, 1.807) is 18.4 Å². The first kappa shape index (κ1) is 21.4. The van der Waals surface area contributed by atoms with E-state index < -0.39 is 42.8 Å². The molecule has 2 aromatic rings. The Hall–Kier alpha value is -2.88. The van der Waals surface area contributed by atoms with Gasteiger partial charge in [0.2, 0.25) is 5.82 Å². The SMILES string of the molecule is C#Cc1nc(NCC(C)(F)F)c2ncn([C@@H]3O[C@H](C(=O)NC)[C@H]4OC(C)(C)O[C@H]43)c2n1. The van der Waals surface area contributed by atoms with Gasteiger partial charge < -0.3 is 24.8 Å². The van der Waals surface area contributed by atoms with E-state index in [-0.39, 0.29) is 28.7 Å². The predicted molar refractivity (Wildman–Crippen MR) is 104 cm³/mol. The van der Waals surface area contributed by atoms with Crippen molar-refractivity contribution in [3.05, 3.63) is 12.2 Å². The molecule has 2 aromatic heterocycles. The molecule has 0 aliphatic carbocycles. The van der Waals surface area contributed by atoms with Crippen molar-refractivity contribution in [2.75, 3.05) is 18.9 Å². The highest BCUT2D eigenvalue weighted by Gasteiger charge is 2.58. The molecule has 10 nitrogen and oxygen atoms in total. The molecular weight excluding hydrogens is 414 g/mol. The maximum Gasteiger partial charge on any atom is 0.262 e. The quantitative estimate of drug-likeness (QED) is 0.669. The van der Waals surface area contributed by atoms with Crippen LogP contribution in [0.1, 0.15) is 32.8 Å². The van der Waals surface area contributed by atoms with Crippen LogP contribution in [0.3, 0.4) is 0 Å². The fraction of sp³-hybridized carbons (Fsp3) is 0.579. The molecule has 2 fully saturated rings. The Balaban J connectivity index is 1.76. The molecule has 31 heavy (non-hydrogen) atoms. The molecule has 4 heterocycles. The number of halogens is 2. The molecule has 0 spiro atoms. The third-order valence-corrected chi connectivity index (χ3v) is 4.92. The number of amides is 1. The molecule has 2 N–H and O–H groups in total. The predicted octanol–water partition coefficient (Wildman–Crippen LogP) is 1.04. The van der Waals surface area contributed by atoms with Gasteiger partial charge in [0, 0.05) is 14.0 Å². The zero-order chi connectivity index (χ0) is 22.6. The highest BCUT2D eigenvalue weighted by atomic mass is 19.3. The van der Waals surface area contributed by atoms with Crippen LogP contribution in [0.5, 0.6) is 0 Å². The number of fused-ring (bicyclic) bond motifs is 2. The average Bonchev–Trinajstić information content (AvgIpc) is 3.35. The Bertz CT molecular complexity index is 1060. The van der Waals surface area contributed by atoms with Gasteiger partial charge in [0.15, 0.2) is 35.1 Å². The number of alkyl halides is 2. The number of aromatic nitrogens is 4. The van der Waals surface area contributed by atoms with Crippen LogP contribution in [0, 0.1) is 12.3 Å². The fourth-order valence-corrected chi connectivity index (χ4v) is 3.68. The van der Waals surface area contributed by atoms with Gasteiger partial charge in [-0.05, 0) is 19.8 Å². The molecule has 4 rings (SSSR count). The Morgan fingerprint density at radius 2 is 2.06 bits per heavy atom. The van der Waals surface area contributed by atoms with Crippen LogP contribution in [0.25, 0.3) is 11.2 Å². The molecule has 166 valence electrons. The van der Waals surface area contributed by atoms with Crippen molar-refractivity contribution in [3.63, 3.8) is 0 Å². The molecular formula is C19H22F2N6O4. The van der Waals surface area contributed by atoms with Gasteiger partial charge in [-0.3, -0.25) is 9.36 Å². The van der Waals surface area contributed by atoms with Crippen molar-refractivity contribution in [1.82, 2.24) is 24.8 Å². The number of carbonyl (C=O) groups excluding carboxylic acids is 1. The largest absolute Gasteiger partial charge is 0.362 e. The number of anilines is 1. The second-order valence-corrected chi connectivity index (χ2v) is 7.91.